The van der Waals surface area contributed by atoms with Crippen molar-refractivity contribution in [3.05, 3.63) is 71.0 Å². The molecule has 2 aromatic rings. The number of halogens is 1. The number of nitrogens with zero attached hydrogens (tertiary/aromatic N) is 1. The number of likely N-dealkylation sites (tertiary alicyclic amines) is 1. The van der Waals surface area contributed by atoms with Crippen LogP contribution in [0.25, 0.3) is 0 Å². The van der Waals surface area contributed by atoms with Crippen molar-refractivity contribution in [2.24, 2.45) is 5.92 Å². The van der Waals surface area contributed by atoms with Gasteiger partial charge in [0, 0.05) is 24.2 Å². The molecular formula is C24H26FNO4. The first kappa shape index (κ1) is 21.7. The zero-order chi connectivity index (χ0) is 21.7. The van der Waals surface area contributed by atoms with Crippen molar-refractivity contribution >= 4 is 17.7 Å². The summed E-state index contributed by atoms with van der Waals surface area (Å²) in [6, 6.07) is 12.8. The van der Waals surface area contributed by atoms with Crippen molar-refractivity contribution in [1.82, 2.24) is 4.90 Å². The molecule has 0 saturated carbocycles. The second-order valence-corrected chi connectivity index (χ2v) is 7.88. The molecular weight excluding hydrogens is 385 g/mol. The van der Waals surface area contributed by atoms with E-state index < -0.39 is 11.8 Å². The van der Waals surface area contributed by atoms with Crippen LogP contribution in [0.15, 0.2) is 48.5 Å². The van der Waals surface area contributed by atoms with Crippen molar-refractivity contribution in [2.45, 2.75) is 32.6 Å². The Morgan fingerprint density at radius 2 is 1.53 bits per heavy atom. The normalized spacial score (nSPS) is 14.6. The number of hydrogen-bond donors (Lipinski definition) is 0. The minimum atomic E-state index is -0.406. The molecule has 1 saturated heterocycles. The maximum Gasteiger partial charge on any atom is 0.309 e. The van der Waals surface area contributed by atoms with Crippen LogP contribution in [0, 0.1) is 11.7 Å². The number of carbonyl (C=O) groups excluding carboxylic acids is 3. The average Bonchev–Trinajstić information content (AvgIpc) is 2.77. The molecule has 1 aliphatic heterocycles. The lowest BCUT2D eigenvalue weighted by atomic mass is 9.96. The van der Waals surface area contributed by atoms with Gasteiger partial charge in [0.15, 0.2) is 12.4 Å². The molecule has 0 atom stereocenters. The number of piperidine rings is 1. The number of rotatable bonds is 6. The van der Waals surface area contributed by atoms with Gasteiger partial charge in [-0.05, 0) is 48.6 Å². The Hall–Kier alpha value is -3.02. The van der Waals surface area contributed by atoms with Gasteiger partial charge in [-0.25, -0.2) is 4.39 Å². The molecule has 0 unspecified atom stereocenters. The van der Waals surface area contributed by atoms with E-state index in [1.165, 1.54) is 24.3 Å². The van der Waals surface area contributed by atoms with Crippen molar-refractivity contribution in [3.63, 3.8) is 0 Å². The van der Waals surface area contributed by atoms with E-state index in [0.29, 0.717) is 43.0 Å². The van der Waals surface area contributed by atoms with Crippen LogP contribution >= 0.6 is 0 Å². The van der Waals surface area contributed by atoms with Crippen molar-refractivity contribution in [2.75, 3.05) is 19.7 Å². The van der Waals surface area contributed by atoms with E-state index in [1.807, 2.05) is 12.1 Å². The second-order valence-electron chi connectivity index (χ2n) is 7.88. The third-order valence-electron chi connectivity index (χ3n) is 5.45. The van der Waals surface area contributed by atoms with Gasteiger partial charge in [0.1, 0.15) is 5.82 Å². The summed E-state index contributed by atoms with van der Waals surface area (Å²) in [7, 11) is 0. The lowest BCUT2D eigenvalue weighted by Crippen LogP contribution is -2.40. The highest BCUT2D eigenvalue weighted by Crippen LogP contribution is 2.21. The highest BCUT2D eigenvalue weighted by molar-refractivity contribution is 5.98. The Morgan fingerprint density at radius 3 is 2.10 bits per heavy atom. The lowest BCUT2D eigenvalue weighted by Gasteiger charge is -2.31. The molecule has 1 aliphatic rings. The fourth-order valence-corrected chi connectivity index (χ4v) is 3.49. The molecule has 3 rings (SSSR count). The van der Waals surface area contributed by atoms with Crippen LogP contribution < -0.4 is 0 Å². The SMILES string of the molecule is CC(C)c1ccc(C(=O)COC(=O)C2CCN(C(=O)c3ccc(F)cc3)CC2)cc1. The van der Waals surface area contributed by atoms with Crippen molar-refractivity contribution < 1.29 is 23.5 Å². The van der Waals surface area contributed by atoms with Gasteiger partial charge in [-0.1, -0.05) is 38.1 Å². The fourth-order valence-electron chi connectivity index (χ4n) is 3.49. The molecule has 1 amide bonds. The standard InChI is InChI=1S/C24H26FNO4/c1-16(2)17-3-5-18(6-4-17)22(27)15-30-24(29)20-11-13-26(14-12-20)23(28)19-7-9-21(25)10-8-19/h3-10,16,20H,11-15H2,1-2H3. The molecule has 1 heterocycles. The van der Waals surface area contributed by atoms with E-state index in [2.05, 4.69) is 13.8 Å². The Balaban J connectivity index is 1.46. The minimum absolute atomic E-state index is 0.179. The Morgan fingerprint density at radius 1 is 0.967 bits per heavy atom. The molecule has 158 valence electrons. The summed E-state index contributed by atoms with van der Waals surface area (Å²) in [6.45, 7) is 4.71. The molecule has 2 aromatic carbocycles. The van der Waals surface area contributed by atoms with Gasteiger partial charge in [-0.15, -0.1) is 0 Å². The van der Waals surface area contributed by atoms with Gasteiger partial charge in [0.2, 0.25) is 0 Å². The smallest absolute Gasteiger partial charge is 0.309 e. The molecule has 0 bridgehead atoms. The zero-order valence-electron chi connectivity index (χ0n) is 17.3. The van der Waals surface area contributed by atoms with Gasteiger partial charge in [-0.3, -0.25) is 14.4 Å². The van der Waals surface area contributed by atoms with E-state index in [9.17, 15) is 18.8 Å². The molecule has 6 heteroatoms. The van der Waals surface area contributed by atoms with Crippen LogP contribution in [-0.2, 0) is 9.53 Å². The predicted molar refractivity (Wildman–Crippen MR) is 111 cm³/mol. The summed E-state index contributed by atoms with van der Waals surface area (Å²) in [5.41, 5.74) is 2.09. The van der Waals surface area contributed by atoms with Crippen LogP contribution in [-0.4, -0.2) is 42.3 Å². The summed E-state index contributed by atoms with van der Waals surface area (Å²) in [6.07, 6.45) is 0.950. The largest absolute Gasteiger partial charge is 0.457 e. The third kappa shape index (κ3) is 5.32. The molecule has 0 spiro atoms. The monoisotopic (exact) mass is 411 g/mol. The van der Waals surface area contributed by atoms with E-state index in [0.717, 1.165) is 5.56 Å². The van der Waals surface area contributed by atoms with Crippen LogP contribution in [0.3, 0.4) is 0 Å². The minimum Gasteiger partial charge on any atom is -0.457 e. The van der Waals surface area contributed by atoms with Gasteiger partial charge in [-0.2, -0.15) is 0 Å². The Labute approximate surface area is 175 Å². The number of esters is 1. The molecule has 0 aliphatic carbocycles. The molecule has 5 nitrogen and oxygen atoms in total. The number of amides is 1. The highest BCUT2D eigenvalue weighted by Gasteiger charge is 2.29. The van der Waals surface area contributed by atoms with Gasteiger partial charge >= 0.3 is 5.97 Å². The zero-order valence-corrected chi connectivity index (χ0v) is 17.3. The van der Waals surface area contributed by atoms with E-state index >= 15 is 0 Å². The summed E-state index contributed by atoms with van der Waals surface area (Å²) < 4.78 is 18.3. The summed E-state index contributed by atoms with van der Waals surface area (Å²) >= 11 is 0. The first-order valence-electron chi connectivity index (χ1n) is 10.2. The highest BCUT2D eigenvalue weighted by atomic mass is 19.1. The maximum atomic E-state index is 13.0. The number of ketones is 1. The molecule has 0 aromatic heterocycles. The maximum absolute atomic E-state index is 13.0. The molecule has 1 fully saturated rings. The number of Topliss-reactive ketones (excluding diaryl/α,β-unsaturated/α-hetero) is 1. The average molecular weight is 411 g/mol. The predicted octanol–water partition coefficient (Wildman–Crippen LogP) is 4.23. The van der Waals surface area contributed by atoms with Crippen LogP contribution in [0.4, 0.5) is 4.39 Å². The van der Waals surface area contributed by atoms with E-state index in [1.54, 1.807) is 17.0 Å². The van der Waals surface area contributed by atoms with Crippen molar-refractivity contribution in [3.8, 4) is 0 Å². The second kappa shape index (κ2) is 9.65. The number of carbonyl (C=O) groups is 3. The summed E-state index contributed by atoms with van der Waals surface area (Å²) in [5.74, 6) is -1.16. The van der Waals surface area contributed by atoms with Crippen LogP contribution in [0.2, 0.25) is 0 Å². The van der Waals surface area contributed by atoms with Gasteiger partial charge < -0.3 is 9.64 Å². The third-order valence-corrected chi connectivity index (χ3v) is 5.45. The molecule has 0 N–H and O–H groups in total. The number of ether oxygens (including phenoxy) is 1. The van der Waals surface area contributed by atoms with E-state index in [-0.39, 0.29) is 24.2 Å². The Kier molecular flexibility index (Phi) is 6.98. The lowest BCUT2D eigenvalue weighted by molar-refractivity contribution is -0.148. The van der Waals surface area contributed by atoms with E-state index in [4.69, 9.17) is 4.74 Å². The summed E-state index contributed by atoms with van der Waals surface area (Å²) in [4.78, 5) is 38.7. The molecule has 30 heavy (non-hydrogen) atoms. The number of hydrogen-bond acceptors (Lipinski definition) is 4. The first-order valence-corrected chi connectivity index (χ1v) is 10.2. The van der Waals surface area contributed by atoms with Gasteiger partial charge in [0.05, 0.1) is 5.92 Å². The fraction of sp³-hybridized carbons (Fsp3) is 0.375. The quantitative estimate of drug-likeness (QED) is 0.527. The van der Waals surface area contributed by atoms with Crippen LogP contribution in [0.1, 0.15) is 58.9 Å². The number of benzene rings is 2. The summed E-state index contributed by atoms with van der Waals surface area (Å²) in [5, 5.41) is 0. The topological polar surface area (TPSA) is 63.7 Å². The van der Waals surface area contributed by atoms with Crippen molar-refractivity contribution in [1.29, 1.82) is 0 Å². The Bertz CT molecular complexity index is 898. The van der Waals surface area contributed by atoms with Crippen LogP contribution in [0.5, 0.6) is 0 Å². The van der Waals surface area contributed by atoms with Gasteiger partial charge in [0.25, 0.3) is 5.91 Å². The molecule has 0 radical (unpaired) electrons. The first-order chi connectivity index (χ1) is 14.3.